The van der Waals surface area contributed by atoms with Crippen LogP contribution in [0.2, 0.25) is 0 Å². The smallest absolute Gasteiger partial charge is 0.283 e. The van der Waals surface area contributed by atoms with E-state index >= 15 is 0 Å². The molecule has 2 N–H and O–H groups in total. The van der Waals surface area contributed by atoms with E-state index in [1.807, 2.05) is 44.2 Å². The van der Waals surface area contributed by atoms with Gasteiger partial charge in [0.1, 0.15) is 10.7 Å². The van der Waals surface area contributed by atoms with Gasteiger partial charge in [-0.25, -0.2) is 4.90 Å². The number of imide groups is 1. The second kappa shape index (κ2) is 10.8. The van der Waals surface area contributed by atoms with Gasteiger partial charge < -0.3 is 10.6 Å². The topological polar surface area (TPSA) is 78.5 Å². The maximum Gasteiger partial charge on any atom is 0.283 e. The highest BCUT2D eigenvalue weighted by molar-refractivity contribution is 6.53. The second-order valence-corrected chi connectivity index (χ2v) is 9.19. The van der Waals surface area contributed by atoms with Crippen molar-refractivity contribution in [2.24, 2.45) is 0 Å². The molecule has 3 aromatic carbocycles. The van der Waals surface area contributed by atoms with Crippen LogP contribution in [0, 0.1) is 13.8 Å². The van der Waals surface area contributed by atoms with E-state index in [1.165, 1.54) is 0 Å². The molecule has 0 spiro atoms. The summed E-state index contributed by atoms with van der Waals surface area (Å²) in [7, 11) is 0. The van der Waals surface area contributed by atoms with E-state index in [4.69, 9.17) is 11.6 Å². The third kappa shape index (κ3) is 5.19. The van der Waals surface area contributed by atoms with Crippen molar-refractivity contribution >= 4 is 46.4 Å². The molecular formula is C29H28ClN3O3. The zero-order valence-corrected chi connectivity index (χ0v) is 21.3. The van der Waals surface area contributed by atoms with Gasteiger partial charge in [-0.15, -0.1) is 0 Å². The van der Waals surface area contributed by atoms with Gasteiger partial charge in [0.05, 0.1) is 5.69 Å². The third-order valence-electron chi connectivity index (χ3n) is 6.29. The quantitative estimate of drug-likeness (QED) is 0.353. The van der Waals surface area contributed by atoms with Crippen molar-refractivity contribution in [2.45, 2.75) is 40.0 Å². The maximum atomic E-state index is 13.1. The Balaban J connectivity index is 1.50. The van der Waals surface area contributed by atoms with E-state index < -0.39 is 11.8 Å². The van der Waals surface area contributed by atoms with Crippen LogP contribution in [0.25, 0.3) is 0 Å². The predicted octanol–water partition coefficient (Wildman–Crippen LogP) is 6.33. The van der Waals surface area contributed by atoms with E-state index in [9.17, 15) is 14.4 Å². The molecule has 4 rings (SSSR count). The molecule has 0 atom stereocenters. The molecule has 0 fully saturated rings. The standard InChI is InChI=1S/C29H28ClN3O3/c1-4-5-9-20-13-15-23(16-14-20)33-28(35)25(30)26(29(33)36)31-22-11-7-10-21(17-22)27(34)32-24-12-6-8-18(2)19(24)3/h6-8,10-17,31H,4-5,9H2,1-3H3,(H,32,34). The van der Waals surface area contributed by atoms with Crippen LogP contribution in [0.4, 0.5) is 17.1 Å². The van der Waals surface area contributed by atoms with Crippen LogP contribution in [0.3, 0.4) is 0 Å². The van der Waals surface area contributed by atoms with Crippen LogP contribution in [0.5, 0.6) is 0 Å². The number of benzene rings is 3. The molecular weight excluding hydrogens is 474 g/mol. The second-order valence-electron chi connectivity index (χ2n) is 8.81. The number of amides is 3. The number of rotatable bonds is 8. The summed E-state index contributed by atoms with van der Waals surface area (Å²) in [5.74, 6) is -1.42. The first-order chi connectivity index (χ1) is 17.3. The minimum atomic E-state index is -0.589. The van der Waals surface area contributed by atoms with Crippen molar-refractivity contribution in [3.05, 3.63) is 99.7 Å². The van der Waals surface area contributed by atoms with Crippen LogP contribution in [-0.2, 0) is 16.0 Å². The summed E-state index contributed by atoms with van der Waals surface area (Å²) in [5, 5.41) is 5.68. The van der Waals surface area contributed by atoms with Crippen molar-refractivity contribution in [3.63, 3.8) is 0 Å². The van der Waals surface area contributed by atoms with Gasteiger partial charge in [-0.05, 0) is 79.8 Å². The molecule has 0 radical (unpaired) electrons. The Hall–Kier alpha value is -3.90. The van der Waals surface area contributed by atoms with Gasteiger partial charge in [-0.3, -0.25) is 14.4 Å². The number of hydrogen-bond donors (Lipinski definition) is 2. The first-order valence-corrected chi connectivity index (χ1v) is 12.3. The van der Waals surface area contributed by atoms with Crippen molar-refractivity contribution in [1.29, 1.82) is 0 Å². The highest BCUT2D eigenvalue weighted by Crippen LogP contribution is 2.30. The van der Waals surface area contributed by atoms with Crippen molar-refractivity contribution in [1.82, 2.24) is 0 Å². The van der Waals surface area contributed by atoms with Gasteiger partial charge in [-0.2, -0.15) is 0 Å². The lowest BCUT2D eigenvalue weighted by Crippen LogP contribution is -2.32. The third-order valence-corrected chi connectivity index (χ3v) is 6.64. The molecule has 3 amide bonds. The minimum absolute atomic E-state index is 0.0242. The monoisotopic (exact) mass is 501 g/mol. The number of nitrogens with zero attached hydrogens (tertiary/aromatic N) is 1. The Morgan fingerprint density at radius 2 is 1.67 bits per heavy atom. The first kappa shape index (κ1) is 25.2. The summed E-state index contributed by atoms with van der Waals surface area (Å²) in [6.07, 6.45) is 3.11. The van der Waals surface area contributed by atoms with E-state index in [0.717, 1.165) is 46.5 Å². The number of nitrogens with one attached hydrogen (secondary N) is 2. The highest BCUT2D eigenvalue weighted by Gasteiger charge is 2.39. The summed E-state index contributed by atoms with van der Waals surface area (Å²) in [6, 6.07) is 19.8. The van der Waals surface area contributed by atoms with Gasteiger partial charge in [-0.1, -0.05) is 55.3 Å². The summed E-state index contributed by atoms with van der Waals surface area (Å²) in [5.41, 5.74) is 5.25. The molecule has 1 aliphatic heterocycles. The molecule has 36 heavy (non-hydrogen) atoms. The Bertz CT molecular complexity index is 1360. The largest absolute Gasteiger partial charge is 0.350 e. The molecule has 6 nitrogen and oxygen atoms in total. The molecule has 0 aromatic heterocycles. The van der Waals surface area contributed by atoms with Gasteiger partial charge in [0, 0.05) is 16.9 Å². The number of carbonyl (C=O) groups is 3. The zero-order chi connectivity index (χ0) is 25.8. The maximum absolute atomic E-state index is 13.1. The molecule has 1 aliphatic rings. The van der Waals surface area contributed by atoms with Crippen molar-refractivity contribution in [2.75, 3.05) is 15.5 Å². The molecule has 3 aromatic rings. The average molecular weight is 502 g/mol. The Labute approximate surface area is 216 Å². The summed E-state index contributed by atoms with van der Waals surface area (Å²) in [4.78, 5) is 39.9. The number of halogens is 1. The number of anilines is 3. The van der Waals surface area contributed by atoms with Crippen molar-refractivity contribution < 1.29 is 14.4 Å². The summed E-state index contributed by atoms with van der Waals surface area (Å²) >= 11 is 6.29. The van der Waals surface area contributed by atoms with Crippen LogP contribution in [0.15, 0.2) is 77.5 Å². The minimum Gasteiger partial charge on any atom is -0.350 e. The number of carbonyl (C=O) groups excluding carboxylic acids is 3. The molecule has 184 valence electrons. The molecule has 7 heteroatoms. The number of aryl methyl sites for hydroxylation is 2. The fraction of sp³-hybridized carbons (Fsp3) is 0.207. The highest BCUT2D eigenvalue weighted by atomic mass is 35.5. The van der Waals surface area contributed by atoms with Gasteiger partial charge >= 0.3 is 0 Å². The predicted molar refractivity (Wildman–Crippen MR) is 144 cm³/mol. The van der Waals surface area contributed by atoms with E-state index in [2.05, 4.69) is 17.6 Å². The molecule has 0 aliphatic carbocycles. The Morgan fingerprint density at radius 1 is 0.944 bits per heavy atom. The van der Waals surface area contributed by atoms with Crippen molar-refractivity contribution in [3.8, 4) is 0 Å². The van der Waals surface area contributed by atoms with Gasteiger partial charge in [0.25, 0.3) is 17.7 Å². The molecule has 0 bridgehead atoms. The van der Waals surface area contributed by atoms with Crippen LogP contribution >= 0.6 is 11.6 Å². The fourth-order valence-corrected chi connectivity index (χ4v) is 4.21. The van der Waals surface area contributed by atoms with E-state index in [-0.39, 0.29) is 16.6 Å². The number of unbranched alkanes of at least 4 members (excludes halogenated alkanes) is 1. The lowest BCUT2D eigenvalue weighted by Gasteiger charge is -2.16. The average Bonchev–Trinajstić information content (AvgIpc) is 3.09. The van der Waals surface area contributed by atoms with Crippen LogP contribution in [-0.4, -0.2) is 17.7 Å². The fourth-order valence-electron chi connectivity index (χ4n) is 4.00. The van der Waals surface area contributed by atoms with Gasteiger partial charge in [0.15, 0.2) is 0 Å². The van der Waals surface area contributed by atoms with Crippen LogP contribution in [0.1, 0.15) is 46.8 Å². The summed E-state index contributed by atoms with van der Waals surface area (Å²) < 4.78 is 0. The molecule has 1 heterocycles. The van der Waals surface area contributed by atoms with Crippen LogP contribution < -0.4 is 15.5 Å². The first-order valence-electron chi connectivity index (χ1n) is 11.9. The SMILES string of the molecule is CCCCc1ccc(N2C(=O)C(Cl)=C(Nc3cccc(C(=O)Nc4cccc(C)c4C)c3)C2=O)cc1. The lowest BCUT2D eigenvalue weighted by atomic mass is 10.1. The number of hydrogen-bond acceptors (Lipinski definition) is 4. The molecule has 0 saturated heterocycles. The zero-order valence-electron chi connectivity index (χ0n) is 20.5. The molecule has 0 saturated carbocycles. The van der Waals surface area contributed by atoms with E-state index in [1.54, 1.807) is 36.4 Å². The Kier molecular flexibility index (Phi) is 7.55. The van der Waals surface area contributed by atoms with Gasteiger partial charge in [0.2, 0.25) is 0 Å². The Morgan fingerprint density at radius 3 is 2.39 bits per heavy atom. The lowest BCUT2D eigenvalue weighted by molar-refractivity contribution is -0.120. The summed E-state index contributed by atoms with van der Waals surface area (Å²) in [6.45, 7) is 6.06. The molecule has 0 unspecified atom stereocenters. The normalized spacial score (nSPS) is 13.4. The van der Waals surface area contributed by atoms with E-state index in [0.29, 0.717) is 16.9 Å².